The van der Waals surface area contributed by atoms with Gasteiger partial charge in [-0.15, -0.1) is 0 Å². The van der Waals surface area contributed by atoms with E-state index in [1.54, 1.807) is 38.4 Å². The number of nitrogens with zero attached hydrogens (tertiary/aromatic N) is 3. The Hall–Kier alpha value is -2.76. The van der Waals surface area contributed by atoms with Crippen molar-refractivity contribution in [1.29, 1.82) is 0 Å². The highest BCUT2D eigenvalue weighted by atomic mass is 16.6. The third-order valence-corrected chi connectivity index (χ3v) is 2.82. The number of pyridine rings is 1. The molecule has 1 heterocycles. The Balaban J connectivity index is 2.68. The normalized spacial score (nSPS) is 10.1. The van der Waals surface area contributed by atoms with E-state index in [4.69, 9.17) is 0 Å². The second-order valence-corrected chi connectivity index (χ2v) is 4.41. The SMILES string of the molecule is CN(C)C(=O)c1cncc(-c2ccccc2)c1[N+](=O)[O-]. The van der Waals surface area contributed by atoms with E-state index in [0.717, 1.165) is 0 Å². The quantitative estimate of drug-likeness (QED) is 0.634. The van der Waals surface area contributed by atoms with Gasteiger partial charge in [0.1, 0.15) is 5.56 Å². The summed E-state index contributed by atoms with van der Waals surface area (Å²) in [6, 6.07) is 8.86. The van der Waals surface area contributed by atoms with Crippen LogP contribution >= 0.6 is 0 Å². The number of hydrogen-bond donors (Lipinski definition) is 0. The molecular formula is C14H13N3O3. The Kier molecular flexibility index (Phi) is 3.74. The first kappa shape index (κ1) is 13.7. The highest BCUT2D eigenvalue weighted by Crippen LogP contribution is 2.32. The number of nitro groups is 1. The minimum Gasteiger partial charge on any atom is -0.344 e. The molecule has 20 heavy (non-hydrogen) atoms. The van der Waals surface area contributed by atoms with E-state index in [9.17, 15) is 14.9 Å². The average Bonchev–Trinajstić information content (AvgIpc) is 2.46. The van der Waals surface area contributed by atoms with Crippen LogP contribution in [0.2, 0.25) is 0 Å². The molecule has 1 aromatic carbocycles. The van der Waals surface area contributed by atoms with Crippen LogP contribution < -0.4 is 0 Å². The molecule has 0 unspecified atom stereocenters. The lowest BCUT2D eigenvalue weighted by molar-refractivity contribution is -0.384. The molecule has 2 aromatic rings. The van der Waals surface area contributed by atoms with E-state index in [0.29, 0.717) is 11.1 Å². The standard InChI is InChI=1S/C14H13N3O3/c1-16(2)14(18)12-9-15-8-11(13(12)17(19)20)10-6-4-3-5-7-10/h3-9H,1-2H3. The van der Waals surface area contributed by atoms with Gasteiger partial charge in [-0.3, -0.25) is 19.9 Å². The van der Waals surface area contributed by atoms with Crippen LogP contribution in [0.1, 0.15) is 10.4 Å². The number of carbonyl (C=O) groups excluding carboxylic acids is 1. The number of rotatable bonds is 3. The molecule has 6 nitrogen and oxygen atoms in total. The largest absolute Gasteiger partial charge is 0.344 e. The topological polar surface area (TPSA) is 76.3 Å². The number of aromatic nitrogens is 1. The summed E-state index contributed by atoms with van der Waals surface area (Å²) in [5, 5.41) is 11.3. The van der Waals surface area contributed by atoms with Gasteiger partial charge in [-0.05, 0) is 5.56 Å². The van der Waals surface area contributed by atoms with Gasteiger partial charge < -0.3 is 4.90 Å². The Morgan fingerprint density at radius 2 is 1.85 bits per heavy atom. The van der Waals surface area contributed by atoms with Crippen molar-refractivity contribution >= 4 is 11.6 Å². The zero-order valence-corrected chi connectivity index (χ0v) is 11.1. The van der Waals surface area contributed by atoms with Crippen LogP contribution in [-0.4, -0.2) is 34.8 Å². The highest BCUT2D eigenvalue weighted by molar-refractivity contribution is 6.00. The van der Waals surface area contributed by atoms with Crippen LogP contribution in [0.25, 0.3) is 11.1 Å². The third kappa shape index (κ3) is 2.49. The van der Waals surface area contributed by atoms with E-state index >= 15 is 0 Å². The number of hydrogen-bond acceptors (Lipinski definition) is 4. The molecule has 0 atom stereocenters. The highest BCUT2D eigenvalue weighted by Gasteiger charge is 2.26. The van der Waals surface area contributed by atoms with Crippen LogP contribution in [-0.2, 0) is 0 Å². The van der Waals surface area contributed by atoms with Crippen molar-refractivity contribution < 1.29 is 9.72 Å². The predicted molar refractivity (Wildman–Crippen MR) is 74.3 cm³/mol. The second kappa shape index (κ2) is 5.48. The summed E-state index contributed by atoms with van der Waals surface area (Å²) >= 11 is 0. The van der Waals surface area contributed by atoms with Gasteiger partial charge in [0.25, 0.3) is 11.6 Å². The van der Waals surface area contributed by atoms with Crippen molar-refractivity contribution in [2.24, 2.45) is 0 Å². The Bertz CT molecular complexity index is 654. The van der Waals surface area contributed by atoms with E-state index < -0.39 is 10.8 Å². The molecule has 0 bridgehead atoms. The lowest BCUT2D eigenvalue weighted by Gasteiger charge is -2.11. The molecule has 102 valence electrons. The fourth-order valence-electron chi connectivity index (χ4n) is 1.88. The van der Waals surface area contributed by atoms with E-state index in [2.05, 4.69) is 4.98 Å². The maximum atomic E-state index is 12.0. The van der Waals surface area contributed by atoms with E-state index in [-0.39, 0.29) is 11.3 Å². The van der Waals surface area contributed by atoms with Crippen LogP contribution in [0.3, 0.4) is 0 Å². The zero-order valence-electron chi connectivity index (χ0n) is 11.1. The molecule has 0 spiro atoms. The summed E-state index contributed by atoms with van der Waals surface area (Å²) < 4.78 is 0. The van der Waals surface area contributed by atoms with Crippen LogP contribution in [0.15, 0.2) is 42.7 Å². The molecule has 2 rings (SSSR count). The van der Waals surface area contributed by atoms with Crippen molar-refractivity contribution in [2.75, 3.05) is 14.1 Å². The Morgan fingerprint density at radius 1 is 1.20 bits per heavy atom. The molecule has 0 N–H and O–H groups in total. The van der Waals surface area contributed by atoms with Gasteiger partial charge in [0.05, 0.1) is 10.5 Å². The van der Waals surface area contributed by atoms with Gasteiger partial charge in [0.15, 0.2) is 0 Å². The molecule has 0 saturated heterocycles. The van der Waals surface area contributed by atoms with Gasteiger partial charge in [-0.2, -0.15) is 0 Å². The fourth-order valence-corrected chi connectivity index (χ4v) is 1.88. The summed E-state index contributed by atoms with van der Waals surface area (Å²) in [7, 11) is 3.09. The minimum absolute atomic E-state index is 0.0126. The monoisotopic (exact) mass is 271 g/mol. The lowest BCUT2D eigenvalue weighted by atomic mass is 10.0. The third-order valence-electron chi connectivity index (χ3n) is 2.82. The van der Waals surface area contributed by atoms with Crippen molar-refractivity contribution in [1.82, 2.24) is 9.88 Å². The summed E-state index contributed by atoms with van der Waals surface area (Å²) in [6.07, 6.45) is 2.63. The molecule has 0 radical (unpaired) electrons. The molecule has 0 fully saturated rings. The Labute approximate surface area is 115 Å². The zero-order chi connectivity index (χ0) is 14.7. The molecule has 0 saturated carbocycles. The minimum atomic E-state index is -0.541. The first-order valence-electron chi connectivity index (χ1n) is 5.92. The summed E-state index contributed by atoms with van der Waals surface area (Å²) in [4.78, 5) is 28.1. The lowest BCUT2D eigenvalue weighted by Crippen LogP contribution is -2.23. The summed E-state index contributed by atoms with van der Waals surface area (Å²) in [5.74, 6) is -0.443. The van der Waals surface area contributed by atoms with Gasteiger partial charge in [0, 0.05) is 26.5 Å². The smallest absolute Gasteiger partial charge is 0.293 e. The molecule has 0 aliphatic rings. The summed E-state index contributed by atoms with van der Waals surface area (Å²) in [5.41, 5.74) is 0.759. The predicted octanol–water partition coefficient (Wildman–Crippen LogP) is 2.36. The second-order valence-electron chi connectivity index (χ2n) is 4.41. The van der Waals surface area contributed by atoms with Crippen LogP contribution in [0.5, 0.6) is 0 Å². The van der Waals surface area contributed by atoms with Crippen molar-refractivity contribution in [2.45, 2.75) is 0 Å². The van der Waals surface area contributed by atoms with Gasteiger partial charge in [0.2, 0.25) is 0 Å². The van der Waals surface area contributed by atoms with E-state index in [1.807, 2.05) is 6.07 Å². The molecule has 6 heteroatoms. The number of benzene rings is 1. The van der Waals surface area contributed by atoms with Crippen molar-refractivity contribution in [3.8, 4) is 11.1 Å². The van der Waals surface area contributed by atoms with Crippen molar-refractivity contribution in [3.05, 3.63) is 58.4 Å². The van der Waals surface area contributed by atoms with Crippen LogP contribution in [0, 0.1) is 10.1 Å². The fraction of sp³-hybridized carbons (Fsp3) is 0.143. The van der Waals surface area contributed by atoms with Gasteiger partial charge in [-0.1, -0.05) is 30.3 Å². The van der Waals surface area contributed by atoms with Gasteiger partial charge in [-0.25, -0.2) is 0 Å². The molecule has 1 amide bonds. The molecule has 1 aromatic heterocycles. The average molecular weight is 271 g/mol. The van der Waals surface area contributed by atoms with Gasteiger partial charge >= 0.3 is 0 Å². The molecule has 0 aliphatic carbocycles. The summed E-state index contributed by atoms with van der Waals surface area (Å²) in [6.45, 7) is 0. The first-order valence-corrected chi connectivity index (χ1v) is 5.92. The molecule has 0 aliphatic heterocycles. The van der Waals surface area contributed by atoms with Crippen molar-refractivity contribution in [3.63, 3.8) is 0 Å². The van der Waals surface area contributed by atoms with Crippen LogP contribution in [0.4, 0.5) is 5.69 Å². The Morgan fingerprint density at radius 3 is 2.40 bits per heavy atom. The maximum absolute atomic E-state index is 12.0. The first-order chi connectivity index (χ1) is 9.52. The maximum Gasteiger partial charge on any atom is 0.293 e. The molecular weight excluding hydrogens is 258 g/mol. The van der Waals surface area contributed by atoms with E-state index in [1.165, 1.54) is 17.3 Å². The number of amides is 1. The number of carbonyl (C=O) groups is 1.